The molecule has 0 aliphatic rings. The van der Waals surface area contributed by atoms with Crippen molar-refractivity contribution in [3.8, 4) is 0 Å². The van der Waals surface area contributed by atoms with Crippen molar-refractivity contribution in [2.24, 2.45) is 0 Å². The van der Waals surface area contributed by atoms with Crippen molar-refractivity contribution in [3.05, 3.63) is 23.7 Å². The molecule has 0 bridgehead atoms. The molecule has 0 saturated carbocycles. The molecule has 86 valence electrons. The highest BCUT2D eigenvalue weighted by Crippen LogP contribution is 2.07. The molecule has 0 fully saturated rings. The smallest absolute Gasteiger partial charge is 0.129 e. The predicted molar refractivity (Wildman–Crippen MR) is 59.9 cm³/mol. The molecule has 0 aliphatic carbocycles. The van der Waals surface area contributed by atoms with Crippen molar-refractivity contribution in [1.82, 2.24) is 5.32 Å². The second kappa shape index (κ2) is 6.05. The maximum atomic E-state index is 10.9. The van der Waals surface area contributed by atoms with Crippen LogP contribution in [0.25, 0.3) is 0 Å². The van der Waals surface area contributed by atoms with E-state index in [2.05, 4.69) is 5.32 Å². The lowest BCUT2D eigenvalue weighted by Crippen LogP contribution is -2.30. The van der Waals surface area contributed by atoms with Gasteiger partial charge in [-0.25, -0.2) is 0 Å². The zero-order valence-corrected chi connectivity index (χ0v) is 9.84. The summed E-state index contributed by atoms with van der Waals surface area (Å²) in [5.41, 5.74) is 0. The molecule has 1 aromatic rings. The summed E-state index contributed by atoms with van der Waals surface area (Å²) in [4.78, 5) is 0. The summed E-state index contributed by atoms with van der Waals surface area (Å²) < 4.78 is 16.2. The van der Waals surface area contributed by atoms with Gasteiger partial charge in [-0.05, 0) is 19.1 Å². The number of hydrogen-bond acceptors (Lipinski definition) is 4. The Morgan fingerprint density at radius 3 is 2.73 bits per heavy atom. The largest absolute Gasteiger partial charge is 0.462 e. The van der Waals surface area contributed by atoms with E-state index in [-0.39, 0.29) is 12.6 Å². The van der Waals surface area contributed by atoms with Crippen LogP contribution < -0.4 is 5.32 Å². The summed E-state index contributed by atoms with van der Waals surface area (Å²) in [5.74, 6) is 1.99. The van der Waals surface area contributed by atoms with Gasteiger partial charge >= 0.3 is 0 Å². The standard InChI is InChI=1S/C10H17NO3S/c1-8(7-15(2)13)11-5-9-3-4-10(6-12)14-9/h3-4,8,11-12H,5-7H2,1-2H3. The minimum Gasteiger partial charge on any atom is -0.462 e. The monoisotopic (exact) mass is 231 g/mol. The lowest BCUT2D eigenvalue weighted by molar-refractivity contribution is 0.242. The van der Waals surface area contributed by atoms with Crippen LogP contribution in [0.1, 0.15) is 18.4 Å². The van der Waals surface area contributed by atoms with Gasteiger partial charge in [0.2, 0.25) is 0 Å². The Morgan fingerprint density at radius 1 is 1.53 bits per heavy atom. The normalized spacial score (nSPS) is 15.1. The van der Waals surface area contributed by atoms with Gasteiger partial charge in [0.25, 0.3) is 0 Å². The fourth-order valence-corrected chi connectivity index (χ4v) is 2.11. The zero-order chi connectivity index (χ0) is 11.3. The summed E-state index contributed by atoms with van der Waals surface area (Å²) in [6.45, 7) is 2.50. The second-order valence-corrected chi connectivity index (χ2v) is 5.03. The summed E-state index contributed by atoms with van der Waals surface area (Å²) in [6.07, 6.45) is 1.69. The van der Waals surface area contributed by atoms with E-state index in [0.717, 1.165) is 5.76 Å². The Bertz CT molecular complexity index is 324. The molecule has 2 N–H and O–H groups in total. The molecule has 0 saturated heterocycles. The quantitative estimate of drug-likeness (QED) is 0.754. The molecule has 1 aromatic heterocycles. The Kier molecular flexibility index (Phi) is 5.01. The van der Waals surface area contributed by atoms with E-state index in [9.17, 15) is 4.21 Å². The average molecular weight is 231 g/mol. The molecule has 0 spiro atoms. The van der Waals surface area contributed by atoms with Crippen LogP contribution in [-0.2, 0) is 24.0 Å². The van der Waals surface area contributed by atoms with Gasteiger partial charge in [0.05, 0.1) is 6.54 Å². The minimum absolute atomic E-state index is 0.0749. The number of aliphatic hydroxyl groups excluding tert-OH is 1. The van der Waals surface area contributed by atoms with E-state index in [1.165, 1.54) is 0 Å². The molecule has 4 nitrogen and oxygen atoms in total. The van der Waals surface area contributed by atoms with Gasteiger partial charge < -0.3 is 14.8 Å². The maximum absolute atomic E-state index is 10.9. The average Bonchev–Trinajstić information content (AvgIpc) is 2.61. The lowest BCUT2D eigenvalue weighted by atomic mass is 10.3. The van der Waals surface area contributed by atoms with Crippen molar-refractivity contribution in [2.45, 2.75) is 26.1 Å². The van der Waals surface area contributed by atoms with Crippen LogP contribution >= 0.6 is 0 Å². The molecular formula is C10H17NO3S. The molecular weight excluding hydrogens is 214 g/mol. The van der Waals surface area contributed by atoms with Gasteiger partial charge in [-0.2, -0.15) is 0 Å². The number of nitrogens with one attached hydrogen (secondary N) is 1. The fraction of sp³-hybridized carbons (Fsp3) is 0.600. The first kappa shape index (κ1) is 12.4. The number of furan rings is 1. The van der Waals surface area contributed by atoms with Crippen LogP contribution in [0.15, 0.2) is 16.5 Å². The zero-order valence-electron chi connectivity index (χ0n) is 9.03. The van der Waals surface area contributed by atoms with Gasteiger partial charge in [0, 0.05) is 28.9 Å². The molecule has 2 atom stereocenters. The predicted octanol–water partition coefficient (Wildman–Crippen LogP) is 0.628. The van der Waals surface area contributed by atoms with E-state index in [4.69, 9.17) is 9.52 Å². The topological polar surface area (TPSA) is 62.5 Å². The number of aliphatic hydroxyl groups is 1. The molecule has 1 rings (SSSR count). The third kappa shape index (κ3) is 4.59. The highest BCUT2D eigenvalue weighted by Gasteiger charge is 2.05. The van der Waals surface area contributed by atoms with Crippen molar-refractivity contribution >= 4 is 10.8 Å². The summed E-state index contributed by atoms with van der Waals surface area (Å²) >= 11 is 0. The SMILES string of the molecule is CC(CS(C)=O)NCc1ccc(CO)o1. The van der Waals surface area contributed by atoms with Gasteiger partial charge in [0.15, 0.2) is 0 Å². The van der Waals surface area contributed by atoms with Crippen LogP contribution in [0, 0.1) is 0 Å². The van der Waals surface area contributed by atoms with Gasteiger partial charge in [-0.1, -0.05) is 0 Å². The second-order valence-electron chi connectivity index (χ2n) is 3.55. The molecule has 0 aliphatic heterocycles. The molecule has 0 aromatic carbocycles. The van der Waals surface area contributed by atoms with Gasteiger partial charge in [-0.3, -0.25) is 4.21 Å². The number of hydrogen-bond donors (Lipinski definition) is 2. The third-order valence-corrected chi connectivity index (χ3v) is 2.95. The molecule has 15 heavy (non-hydrogen) atoms. The molecule has 0 amide bonds. The van der Waals surface area contributed by atoms with Gasteiger partial charge in [0.1, 0.15) is 18.1 Å². The van der Waals surface area contributed by atoms with Crippen molar-refractivity contribution < 1.29 is 13.7 Å². The fourth-order valence-electron chi connectivity index (χ4n) is 1.29. The van der Waals surface area contributed by atoms with Crippen LogP contribution in [0.2, 0.25) is 0 Å². The molecule has 0 radical (unpaired) electrons. The Labute approximate surface area is 92.1 Å². The van der Waals surface area contributed by atoms with E-state index in [1.54, 1.807) is 12.3 Å². The third-order valence-electron chi connectivity index (χ3n) is 1.98. The Morgan fingerprint density at radius 2 is 2.20 bits per heavy atom. The van der Waals surface area contributed by atoms with E-state index >= 15 is 0 Å². The van der Waals surface area contributed by atoms with E-state index in [0.29, 0.717) is 18.1 Å². The highest BCUT2D eigenvalue weighted by molar-refractivity contribution is 7.84. The number of rotatable bonds is 6. The maximum Gasteiger partial charge on any atom is 0.129 e. The first-order chi connectivity index (χ1) is 7.11. The summed E-state index contributed by atoms with van der Waals surface area (Å²) in [7, 11) is -0.783. The summed E-state index contributed by atoms with van der Waals surface area (Å²) in [6, 6.07) is 3.77. The van der Waals surface area contributed by atoms with Crippen LogP contribution in [0.3, 0.4) is 0 Å². The Hall–Kier alpha value is -0.650. The van der Waals surface area contributed by atoms with Crippen LogP contribution in [0.4, 0.5) is 0 Å². The highest BCUT2D eigenvalue weighted by atomic mass is 32.2. The first-order valence-corrected chi connectivity index (χ1v) is 6.56. The Balaban J connectivity index is 2.33. The van der Waals surface area contributed by atoms with Crippen molar-refractivity contribution in [3.63, 3.8) is 0 Å². The van der Waals surface area contributed by atoms with E-state index < -0.39 is 10.8 Å². The van der Waals surface area contributed by atoms with Crippen LogP contribution in [-0.4, -0.2) is 27.4 Å². The molecule has 2 unspecified atom stereocenters. The molecule has 1 heterocycles. The summed E-state index contributed by atoms with van der Waals surface area (Å²) in [5, 5.41) is 12.0. The van der Waals surface area contributed by atoms with E-state index in [1.807, 2.05) is 13.0 Å². The van der Waals surface area contributed by atoms with Crippen molar-refractivity contribution in [2.75, 3.05) is 12.0 Å². The van der Waals surface area contributed by atoms with Crippen LogP contribution in [0.5, 0.6) is 0 Å². The van der Waals surface area contributed by atoms with Gasteiger partial charge in [-0.15, -0.1) is 0 Å². The lowest BCUT2D eigenvalue weighted by Gasteiger charge is -2.10. The van der Waals surface area contributed by atoms with Crippen molar-refractivity contribution in [1.29, 1.82) is 0 Å². The molecule has 5 heteroatoms. The minimum atomic E-state index is -0.783. The first-order valence-electron chi connectivity index (χ1n) is 4.83.